The Hall–Kier alpha value is -1.47. The van der Waals surface area contributed by atoms with E-state index in [4.69, 9.17) is 5.26 Å². The van der Waals surface area contributed by atoms with Crippen LogP contribution in [0.1, 0.15) is 18.4 Å². The van der Waals surface area contributed by atoms with Gasteiger partial charge in [-0.05, 0) is 37.0 Å². The predicted octanol–water partition coefficient (Wildman–Crippen LogP) is 2.85. The summed E-state index contributed by atoms with van der Waals surface area (Å²) in [5, 5.41) is 13.8. The lowest BCUT2D eigenvalue weighted by Crippen LogP contribution is -2.08. The molecule has 3 rings (SSSR count). The van der Waals surface area contributed by atoms with Crippen LogP contribution < -0.4 is 5.32 Å². The van der Waals surface area contributed by atoms with Crippen molar-refractivity contribution in [1.29, 1.82) is 5.26 Å². The largest absolute Gasteiger partial charge is 0.335 e. The summed E-state index contributed by atoms with van der Waals surface area (Å²) in [6.07, 6.45) is 2.73. The molecule has 3 nitrogen and oxygen atoms in total. The second-order valence-electron chi connectivity index (χ2n) is 4.46. The molecule has 0 spiro atoms. The van der Waals surface area contributed by atoms with Gasteiger partial charge in [-0.15, -0.1) is 0 Å². The monoisotopic (exact) mass is 243 g/mol. The Balaban J connectivity index is 1.65. The van der Waals surface area contributed by atoms with Gasteiger partial charge in [-0.2, -0.15) is 5.26 Å². The summed E-state index contributed by atoms with van der Waals surface area (Å²) >= 11 is 1.85. The van der Waals surface area contributed by atoms with E-state index in [1.165, 1.54) is 12.8 Å². The van der Waals surface area contributed by atoms with Gasteiger partial charge in [0, 0.05) is 10.9 Å². The normalized spacial score (nSPS) is 23.0. The van der Waals surface area contributed by atoms with E-state index in [2.05, 4.69) is 16.4 Å². The first kappa shape index (κ1) is 10.7. The molecule has 0 bridgehead atoms. The molecule has 1 heterocycles. The summed E-state index contributed by atoms with van der Waals surface area (Å²) < 4.78 is 0. The number of hydrogen-bond acceptors (Lipinski definition) is 4. The quantitative estimate of drug-likeness (QED) is 0.869. The van der Waals surface area contributed by atoms with Crippen molar-refractivity contribution >= 4 is 22.6 Å². The van der Waals surface area contributed by atoms with Crippen LogP contribution in [-0.2, 0) is 0 Å². The van der Waals surface area contributed by atoms with Crippen LogP contribution in [0.2, 0.25) is 0 Å². The van der Waals surface area contributed by atoms with E-state index in [-0.39, 0.29) is 0 Å². The molecule has 0 radical (unpaired) electrons. The van der Waals surface area contributed by atoms with Crippen molar-refractivity contribution in [1.82, 2.24) is 0 Å². The van der Waals surface area contributed by atoms with Crippen molar-refractivity contribution in [2.24, 2.45) is 10.9 Å². The molecule has 1 unspecified atom stereocenters. The van der Waals surface area contributed by atoms with Gasteiger partial charge in [0.1, 0.15) is 0 Å². The van der Waals surface area contributed by atoms with Crippen molar-refractivity contribution in [3.8, 4) is 6.07 Å². The van der Waals surface area contributed by atoms with E-state index >= 15 is 0 Å². The Kier molecular flexibility index (Phi) is 2.77. The number of nitrogens with one attached hydrogen (secondary N) is 1. The maximum absolute atomic E-state index is 8.83. The Morgan fingerprint density at radius 2 is 2.29 bits per heavy atom. The molecule has 1 saturated carbocycles. The number of nitriles is 1. The average molecular weight is 243 g/mol. The zero-order valence-electron chi connectivity index (χ0n) is 9.39. The molecule has 1 aliphatic carbocycles. The highest BCUT2D eigenvalue weighted by Crippen LogP contribution is 2.41. The zero-order valence-corrected chi connectivity index (χ0v) is 10.2. The van der Waals surface area contributed by atoms with Crippen molar-refractivity contribution in [3.63, 3.8) is 0 Å². The van der Waals surface area contributed by atoms with Crippen LogP contribution in [0.5, 0.6) is 0 Å². The Morgan fingerprint density at radius 3 is 3.06 bits per heavy atom. The van der Waals surface area contributed by atoms with Crippen molar-refractivity contribution < 1.29 is 0 Å². The van der Waals surface area contributed by atoms with Crippen LogP contribution in [0.15, 0.2) is 29.3 Å². The average Bonchev–Trinajstić information content (AvgIpc) is 3.11. The summed E-state index contributed by atoms with van der Waals surface area (Å²) in [6.45, 7) is 0.940. The van der Waals surface area contributed by atoms with Crippen molar-refractivity contribution in [3.05, 3.63) is 29.8 Å². The highest BCUT2D eigenvalue weighted by molar-refractivity contribution is 8.15. The molecule has 2 aliphatic rings. The minimum atomic E-state index is 0.677. The molecular weight excluding hydrogens is 230 g/mol. The maximum Gasteiger partial charge on any atom is 0.161 e. The lowest BCUT2D eigenvalue weighted by atomic mass is 10.2. The van der Waals surface area contributed by atoms with Gasteiger partial charge in [0.25, 0.3) is 0 Å². The zero-order chi connectivity index (χ0) is 11.7. The number of anilines is 1. The van der Waals surface area contributed by atoms with Crippen molar-refractivity contribution in [2.75, 3.05) is 11.9 Å². The van der Waals surface area contributed by atoms with Gasteiger partial charge >= 0.3 is 0 Å². The third-order valence-corrected chi connectivity index (χ3v) is 4.36. The molecule has 0 aromatic heterocycles. The van der Waals surface area contributed by atoms with Gasteiger partial charge in [-0.25, -0.2) is 0 Å². The molecular formula is C13H13N3S. The van der Waals surface area contributed by atoms with Crippen LogP contribution in [0.3, 0.4) is 0 Å². The highest BCUT2D eigenvalue weighted by atomic mass is 32.2. The van der Waals surface area contributed by atoms with Crippen LogP contribution in [0.25, 0.3) is 0 Å². The van der Waals surface area contributed by atoms with Gasteiger partial charge < -0.3 is 5.32 Å². The van der Waals surface area contributed by atoms with Crippen LogP contribution >= 0.6 is 11.8 Å². The fourth-order valence-corrected chi connectivity index (χ4v) is 3.19. The summed E-state index contributed by atoms with van der Waals surface area (Å²) in [7, 11) is 0. The van der Waals surface area contributed by atoms with Crippen molar-refractivity contribution in [2.45, 2.75) is 18.1 Å². The number of thioether (sulfide) groups is 1. The molecule has 0 saturated heterocycles. The maximum atomic E-state index is 8.83. The van der Waals surface area contributed by atoms with Gasteiger partial charge in [0.15, 0.2) is 5.17 Å². The fourth-order valence-electron chi connectivity index (χ4n) is 1.96. The second kappa shape index (κ2) is 4.42. The molecule has 0 amide bonds. The fraction of sp³-hybridized carbons (Fsp3) is 0.385. The summed E-state index contributed by atoms with van der Waals surface area (Å²) in [4.78, 5) is 4.51. The van der Waals surface area contributed by atoms with E-state index in [1.807, 2.05) is 36.0 Å². The third-order valence-electron chi connectivity index (χ3n) is 3.07. The van der Waals surface area contributed by atoms with Crippen LogP contribution in [0.4, 0.5) is 5.69 Å². The van der Waals surface area contributed by atoms with E-state index in [0.29, 0.717) is 10.8 Å². The minimum absolute atomic E-state index is 0.677. The molecule has 4 heteroatoms. The van der Waals surface area contributed by atoms with Crippen LogP contribution in [0, 0.1) is 17.2 Å². The number of rotatable bonds is 2. The first-order chi connectivity index (χ1) is 8.35. The summed E-state index contributed by atoms with van der Waals surface area (Å²) in [5.74, 6) is 0.883. The molecule has 1 aliphatic heterocycles. The van der Waals surface area contributed by atoms with Gasteiger partial charge in [0.2, 0.25) is 0 Å². The van der Waals surface area contributed by atoms with Crippen LogP contribution in [-0.4, -0.2) is 17.0 Å². The smallest absolute Gasteiger partial charge is 0.161 e. The Labute approximate surface area is 105 Å². The Bertz CT molecular complexity index is 500. The highest BCUT2D eigenvalue weighted by Gasteiger charge is 2.35. The van der Waals surface area contributed by atoms with E-state index in [9.17, 15) is 0 Å². The van der Waals surface area contributed by atoms with E-state index < -0.39 is 0 Å². The molecule has 86 valence electrons. The number of aliphatic imine (C=N–C) groups is 1. The molecule has 1 aromatic rings. The SMILES string of the molecule is N#Cc1cccc(NC2=NCC(C3CC3)S2)c1. The number of hydrogen-bond donors (Lipinski definition) is 1. The number of amidine groups is 1. The van der Waals surface area contributed by atoms with E-state index in [1.54, 1.807) is 0 Å². The molecule has 1 aromatic carbocycles. The second-order valence-corrected chi connectivity index (χ2v) is 5.69. The molecule has 17 heavy (non-hydrogen) atoms. The standard InChI is InChI=1S/C13H13N3S/c14-7-9-2-1-3-11(6-9)16-13-15-8-12(17-13)10-4-5-10/h1-3,6,10,12H,4-5,8H2,(H,15,16). The first-order valence-corrected chi connectivity index (χ1v) is 6.71. The minimum Gasteiger partial charge on any atom is -0.335 e. The van der Waals surface area contributed by atoms with Gasteiger partial charge in [-0.1, -0.05) is 17.8 Å². The number of nitrogens with zero attached hydrogens (tertiary/aromatic N) is 2. The third kappa shape index (κ3) is 2.45. The topological polar surface area (TPSA) is 48.2 Å². The van der Waals surface area contributed by atoms with E-state index in [0.717, 1.165) is 23.3 Å². The lowest BCUT2D eigenvalue weighted by Gasteiger charge is -2.07. The Morgan fingerprint density at radius 1 is 1.41 bits per heavy atom. The summed E-state index contributed by atoms with van der Waals surface area (Å²) in [5.41, 5.74) is 1.63. The molecule has 1 fully saturated rings. The number of benzene rings is 1. The lowest BCUT2D eigenvalue weighted by molar-refractivity contribution is 0.773. The van der Waals surface area contributed by atoms with Gasteiger partial charge in [0.05, 0.1) is 18.2 Å². The van der Waals surface area contributed by atoms with Gasteiger partial charge in [-0.3, -0.25) is 4.99 Å². The summed E-state index contributed by atoms with van der Waals surface area (Å²) in [6, 6.07) is 9.66. The molecule has 1 atom stereocenters. The first-order valence-electron chi connectivity index (χ1n) is 5.83. The molecule has 1 N–H and O–H groups in total. The predicted molar refractivity (Wildman–Crippen MR) is 71.2 cm³/mol.